The Bertz CT molecular complexity index is 446. The highest BCUT2D eigenvalue weighted by Gasteiger charge is 2.28. The maximum Gasteiger partial charge on any atom is 0.243 e. The van der Waals surface area contributed by atoms with Crippen molar-refractivity contribution >= 4 is 34.8 Å². The molecule has 1 aromatic heterocycles. The summed E-state index contributed by atoms with van der Waals surface area (Å²) in [7, 11) is 0. The predicted octanol–water partition coefficient (Wildman–Crippen LogP) is 1.86. The summed E-state index contributed by atoms with van der Waals surface area (Å²) in [6, 6.07) is 3.23. The quantitative estimate of drug-likeness (QED) is 0.882. The first kappa shape index (κ1) is 12.4. The Kier molecular flexibility index (Phi) is 3.69. The Morgan fingerprint density at radius 2 is 2.41 bits per heavy atom. The molecule has 0 radical (unpaired) electrons. The number of rotatable bonds is 3. The molecule has 1 saturated heterocycles. The van der Waals surface area contributed by atoms with Crippen LogP contribution in [0.3, 0.4) is 0 Å². The Morgan fingerprint density at radius 1 is 1.65 bits per heavy atom. The van der Waals surface area contributed by atoms with Crippen LogP contribution in [-0.2, 0) is 9.59 Å². The molecule has 0 aliphatic carbocycles. The van der Waals surface area contributed by atoms with Crippen molar-refractivity contribution < 1.29 is 9.59 Å². The fourth-order valence-corrected chi connectivity index (χ4v) is 2.82. The van der Waals surface area contributed by atoms with Gasteiger partial charge in [0, 0.05) is 11.3 Å². The fraction of sp³-hybridized carbons (Fsp3) is 0.455. The summed E-state index contributed by atoms with van der Waals surface area (Å²) in [5, 5.41) is 5.51. The third kappa shape index (κ3) is 2.98. The van der Waals surface area contributed by atoms with Crippen molar-refractivity contribution in [3.8, 4) is 0 Å². The van der Waals surface area contributed by atoms with Gasteiger partial charge < -0.3 is 10.6 Å². The average molecular weight is 273 g/mol. The van der Waals surface area contributed by atoms with Gasteiger partial charge in [-0.25, -0.2) is 0 Å². The van der Waals surface area contributed by atoms with Gasteiger partial charge in [0.05, 0.1) is 10.4 Å². The molecular weight excluding hydrogens is 260 g/mol. The van der Waals surface area contributed by atoms with Gasteiger partial charge in [-0.15, -0.1) is 11.3 Å². The van der Waals surface area contributed by atoms with Gasteiger partial charge in [0.1, 0.15) is 6.04 Å². The lowest BCUT2D eigenvalue weighted by atomic mass is 10.2. The number of hydrogen-bond donors (Lipinski definition) is 2. The number of carbonyl (C=O) groups excluding carboxylic acids is 2. The van der Waals surface area contributed by atoms with E-state index in [0.29, 0.717) is 17.2 Å². The van der Waals surface area contributed by atoms with E-state index < -0.39 is 0 Å². The highest BCUT2D eigenvalue weighted by atomic mass is 35.5. The number of carbonyl (C=O) groups is 2. The van der Waals surface area contributed by atoms with Crippen LogP contribution in [0.5, 0.6) is 0 Å². The van der Waals surface area contributed by atoms with Crippen LogP contribution in [0.1, 0.15) is 30.7 Å². The van der Waals surface area contributed by atoms with E-state index in [0.717, 1.165) is 4.88 Å². The van der Waals surface area contributed by atoms with Gasteiger partial charge in [-0.3, -0.25) is 9.59 Å². The monoisotopic (exact) mass is 272 g/mol. The van der Waals surface area contributed by atoms with Crippen molar-refractivity contribution in [1.82, 2.24) is 10.6 Å². The molecule has 2 heterocycles. The standard InChI is InChI=1S/C11H13ClN2O2S/c1-6(8-3-4-9(12)17-8)13-11(16)7-2-5-10(15)14-7/h3-4,6-7H,2,5H2,1H3,(H,13,16)(H,14,15)/t6-,7-/m0/s1. The number of thiophene rings is 1. The molecule has 2 rings (SSSR count). The van der Waals surface area contributed by atoms with E-state index in [2.05, 4.69) is 10.6 Å². The van der Waals surface area contributed by atoms with Gasteiger partial charge in [0.2, 0.25) is 11.8 Å². The van der Waals surface area contributed by atoms with Gasteiger partial charge in [-0.05, 0) is 25.5 Å². The first-order chi connectivity index (χ1) is 8.06. The van der Waals surface area contributed by atoms with Crippen molar-refractivity contribution in [2.24, 2.45) is 0 Å². The summed E-state index contributed by atoms with van der Waals surface area (Å²) in [6.45, 7) is 1.90. The summed E-state index contributed by atoms with van der Waals surface area (Å²) in [5.74, 6) is -0.190. The second-order valence-electron chi connectivity index (χ2n) is 4.03. The lowest BCUT2D eigenvalue weighted by Gasteiger charge is -2.15. The normalized spacial score (nSPS) is 21.1. The van der Waals surface area contributed by atoms with Crippen LogP contribution in [0.2, 0.25) is 4.34 Å². The summed E-state index contributed by atoms with van der Waals surface area (Å²) < 4.78 is 0.704. The second kappa shape index (κ2) is 5.06. The van der Waals surface area contributed by atoms with Gasteiger partial charge in [0.15, 0.2) is 0 Å². The molecule has 0 unspecified atom stereocenters. The van der Waals surface area contributed by atoms with Crippen molar-refractivity contribution in [2.45, 2.75) is 31.8 Å². The number of nitrogens with one attached hydrogen (secondary N) is 2. The summed E-state index contributed by atoms with van der Waals surface area (Å²) in [6.07, 6.45) is 1.000. The molecule has 2 N–H and O–H groups in total. The molecule has 4 nitrogen and oxygen atoms in total. The van der Waals surface area contributed by atoms with Crippen LogP contribution in [-0.4, -0.2) is 17.9 Å². The molecule has 1 aromatic rings. The summed E-state index contributed by atoms with van der Waals surface area (Å²) in [5.41, 5.74) is 0. The number of halogens is 1. The average Bonchev–Trinajstić information content (AvgIpc) is 2.87. The zero-order valence-corrected chi connectivity index (χ0v) is 10.9. The Labute approximate surface area is 108 Å². The van der Waals surface area contributed by atoms with Crippen LogP contribution in [0.15, 0.2) is 12.1 Å². The molecule has 0 saturated carbocycles. The Hall–Kier alpha value is -1.07. The first-order valence-electron chi connectivity index (χ1n) is 5.41. The van der Waals surface area contributed by atoms with Crippen LogP contribution in [0.25, 0.3) is 0 Å². The molecule has 1 aliphatic heterocycles. The molecule has 1 aliphatic rings. The number of amides is 2. The molecule has 2 atom stereocenters. The predicted molar refractivity (Wildman–Crippen MR) is 67.1 cm³/mol. The van der Waals surface area contributed by atoms with E-state index in [-0.39, 0.29) is 23.9 Å². The van der Waals surface area contributed by atoms with Gasteiger partial charge >= 0.3 is 0 Å². The topological polar surface area (TPSA) is 58.2 Å². The molecule has 0 aromatic carbocycles. The van der Waals surface area contributed by atoms with Gasteiger partial charge in [-0.2, -0.15) is 0 Å². The minimum atomic E-state index is -0.389. The summed E-state index contributed by atoms with van der Waals surface area (Å²) >= 11 is 7.28. The van der Waals surface area contributed by atoms with Crippen LogP contribution in [0, 0.1) is 0 Å². The minimum absolute atomic E-state index is 0.0584. The van der Waals surface area contributed by atoms with Gasteiger partial charge in [-0.1, -0.05) is 11.6 Å². The van der Waals surface area contributed by atoms with Crippen LogP contribution in [0.4, 0.5) is 0 Å². The van der Waals surface area contributed by atoms with Crippen LogP contribution < -0.4 is 10.6 Å². The zero-order chi connectivity index (χ0) is 12.4. The second-order valence-corrected chi connectivity index (χ2v) is 5.78. The van der Waals surface area contributed by atoms with E-state index in [1.165, 1.54) is 11.3 Å². The minimum Gasteiger partial charge on any atom is -0.347 e. The van der Waals surface area contributed by atoms with E-state index in [1.54, 1.807) is 0 Å². The highest BCUT2D eigenvalue weighted by Crippen LogP contribution is 2.26. The van der Waals surface area contributed by atoms with Crippen LogP contribution >= 0.6 is 22.9 Å². The molecule has 0 bridgehead atoms. The van der Waals surface area contributed by atoms with E-state index in [1.807, 2.05) is 19.1 Å². The SMILES string of the molecule is C[C@H](NC(=O)[C@@H]1CCC(=O)N1)c1ccc(Cl)s1. The first-order valence-corrected chi connectivity index (χ1v) is 6.60. The Morgan fingerprint density at radius 3 is 2.94 bits per heavy atom. The molecule has 92 valence electrons. The molecule has 6 heteroatoms. The van der Waals surface area contributed by atoms with Crippen molar-refractivity contribution in [2.75, 3.05) is 0 Å². The van der Waals surface area contributed by atoms with Crippen molar-refractivity contribution in [3.05, 3.63) is 21.3 Å². The molecular formula is C11H13ClN2O2S. The molecule has 17 heavy (non-hydrogen) atoms. The molecule has 0 spiro atoms. The molecule has 1 fully saturated rings. The largest absolute Gasteiger partial charge is 0.347 e. The van der Waals surface area contributed by atoms with Crippen molar-refractivity contribution in [1.29, 1.82) is 0 Å². The highest BCUT2D eigenvalue weighted by molar-refractivity contribution is 7.16. The van der Waals surface area contributed by atoms with Gasteiger partial charge in [0.25, 0.3) is 0 Å². The maximum atomic E-state index is 11.8. The lowest BCUT2D eigenvalue weighted by Crippen LogP contribution is -2.42. The fourth-order valence-electron chi connectivity index (χ4n) is 1.76. The van der Waals surface area contributed by atoms with E-state index >= 15 is 0 Å². The lowest BCUT2D eigenvalue weighted by molar-refractivity contribution is -0.126. The third-order valence-electron chi connectivity index (χ3n) is 2.69. The Balaban J connectivity index is 1.92. The summed E-state index contributed by atoms with van der Waals surface area (Å²) in [4.78, 5) is 23.8. The number of hydrogen-bond acceptors (Lipinski definition) is 3. The van der Waals surface area contributed by atoms with E-state index in [9.17, 15) is 9.59 Å². The van der Waals surface area contributed by atoms with E-state index in [4.69, 9.17) is 11.6 Å². The smallest absolute Gasteiger partial charge is 0.243 e. The molecule has 2 amide bonds. The van der Waals surface area contributed by atoms with Crippen molar-refractivity contribution in [3.63, 3.8) is 0 Å². The zero-order valence-electron chi connectivity index (χ0n) is 9.33. The third-order valence-corrected chi connectivity index (χ3v) is 4.11. The maximum absolute atomic E-state index is 11.8.